The van der Waals surface area contributed by atoms with Crippen LogP contribution in [-0.4, -0.2) is 57.0 Å². The molecule has 3 heterocycles. The van der Waals surface area contributed by atoms with Crippen LogP contribution in [0.25, 0.3) is 11.4 Å². The Bertz CT molecular complexity index is 2100. The number of hydrogen-bond acceptors (Lipinski definition) is 5. The van der Waals surface area contributed by atoms with E-state index >= 15 is 0 Å². The Labute approximate surface area is 278 Å². The molecule has 6 rings (SSSR count). The minimum absolute atomic E-state index is 0.145. The number of ketones is 1. The number of aromatic nitrogens is 2. The van der Waals surface area contributed by atoms with Crippen LogP contribution in [0.2, 0.25) is 0 Å². The van der Waals surface area contributed by atoms with E-state index in [1.54, 1.807) is 6.07 Å². The van der Waals surface area contributed by atoms with Crippen LogP contribution in [0.5, 0.6) is 0 Å². The summed E-state index contributed by atoms with van der Waals surface area (Å²) in [6.07, 6.45) is 5.42. The molecule has 12 heteroatoms. The zero-order valence-corrected chi connectivity index (χ0v) is 26.0. The molecule has 3 aromatic carbocycles. The summed E-state index contributed by atoms with van der Waals surface area (Å²) in [5.41, 5.74) is 0.906. The van der Waals surface area contributed by atoms with Crippen LogP contribution < -0.4 is 10.5 Å². The largest absolute Gasteiger partial charge is 0.507 e. The summed E-state index contributed by atoms with van der Waals surface area (Å²) in [5, 5.41) is 11.0. The first-order valence-electron chi connectivity index (χ1n) is 15.4. The van der Waals surface area contributed by atoms with Crippen LogP contribution in [0.1, 0.15) is 22.3 Å². The molecule has 1 fully saturated rings. The number of amides is 1. The highest BCUT2D eigenvalue weighted by Crippen LogP contribution is 2.22. The van der Waals surface area contributed by atoms with Crippen molar-refractivity contribution >= 4 is 23.1 Å². The zero-order chi connectivity index (χ0) is 34.7. The maximum Gasteiger partial charge on any atom is 0.294 e. The van der Waals surface area contributed by atoms with Gasteiger partial charge in [0.25, 0.3) is 11.5 Å². The molecular weight excluding hydrogens is 640 g/mol. The highest BCUT2D eigenvalue weighted by molar-refractivity contribution is 6.41. The first-order chi connectivity index (χ1) is 23.5. The molecule has 49 heavy (non-hydrogen) atoms. The van der Waals surface area contributed by atoms with Gasteiger partial charge in [0.2, 0.25) is 5.78 Å². The number of anilines is 1. The lowest BCUT2D eigenvalue weighted by atomic mass is 10.0. The summed E-state index contributed by atoms with van der Waals surface area (Å²) in [6.45, 7) is 1.22. The van der Waals surface area contributed by atoms with Crippen LogP contribution >= 0.6 is 0 Å². The lowest BCUT2D eigenvalue weighted by Gasteiger charge is -2.35. The summed E-state index contributed by atoms with van der Waals surface area (Å²) >= 11 is 0. The molecule has 0 radical (unpaired) electrons. The number of pyridine rings is 1. The van der Waals surface area contributed by atoms with E-state index in [2.05, 4.69) is 4.90 Å². The topological polar surface area (TPSA) is 87.8 Å². The quantitative estimate of drug-likeness (QED) is 0.0721. The molecule has 0 saturated carbocycles. The highest BCUT2D eigenvalue weighted by atomic mass is 19.2. The average molecular weight is 671 g/mol. The van der Waals surface area contributed by atoms with Gasteiger partial charge in [-0.3, -0.25) is 14.4 Å². The van der Waals surface area contributed by atoms with Crippen molar-refractivity contribution in [1.82, 2.24) is 14.0 Å². The fourth-order valence-electron chi connectivity index (χ4n) is 5.81. The number of halogens is 4. The number of rotatable bonds is 9. The number of aliphatic hydroxyl groups excluding tert-OH is 1. The van der Waals surface area contributed by atoms with Crippen molar-refractivity contribution in [2.24, 2.45) is 0 Å². The van der Waals surface area contributed by atoms with Gasteiger partial charge in [-0.2, -0.15) is 0 Å². The molecule has 5 aromatic rings. The van der Waals surface area contributed by atoms with Gasteiger partial charge in [-0.25, -0.2) is 17.6 Å². The third kappa shape index (κ3) is 7.48. The maximum absolute atomic E-state index is 14.5. The fourth-order valence-corrected chi connectivity index (χ4v) is 5.81. The third-order valence-electron chi connectivity index (χ3n) is 8.29. The van der Waals surface area contributed by atoms with Crippen LogP contribution in [0.4, 0.5) is 23.2 Å². The molecule has 8 nitrogen and oxygen atoms in total. The first kappa shape index (κ1) is 33.0. The minimum atomic E-state index is -1.40. The molecule has 0 unspecified atom stereocenters. The van der Waals surface area contributed by atoms with Crippen molar-refractivity contribution in [3.63, 3.8) is 0 Å². The number of aliphatic hydroxyl groups is 1. The van der Waals surface area contributed by atoms with Crippen LogP contribution in [0.3, 0.4) is 0 Å². The second-order valence-electron chi connectivity index (χ2n) is 11.6. The van der Waals surface area contributed by atoms with Crippen molar-refractivity contribution in [3.8, 4) is 5.69 Å². The smallest absolute Gasteiger partial charge is 0.294 e. The van der Waals surface area contributed by atoms with Gasteiger partial charge in [0.15, 0.2) is 11.6 Å². The molecule has 1 amide bonds. The summed E-state index contributed by atoms with van der Waals surface area (Å²) in [4.78, 5) is 43.0. The molecular formula is C37H30F4N4O4. The van der Waals surface area contributed by atoms with E-state index in [4.69, 9.17) is 0 Å². The van der Waals surface area contributed by atoms with Gasteiger partial charge in [0, 0.05) is 74.7 Å². The Morgan fingerprint density at radius 1 is 0.776 bits per heavy atom. The second-order valence-corrected chi connectivity index (χ2v) is 11.6. The van der Waals surface area contributed by atoms with Gasteiger partial charge < -0.3 is 24.0 Å². The maximum atomic E-state index is 14.5. The molecule has 1 saturated heterocycles. The molecule has 0 aliphatic carbocycles. The van der Waals surface area contributed by atoms with Crippen molar-refractivity contribution in [2.75, 3.05) is 31.1 Å². The molecule has 2 aromatic heterocycles. The van der Waals surface area contributed by atoms with Crippen molar-refractivity contribution in [1.29, 1.82) is 0 Å². The second kappa shape index (κ2) is 14.1. The molecule has 1 aliphatic heterocycles. The lowest BCUT2D eigenvalue weighted by Crippen LogP contribution is -2.50. The number of carbonyl (C=O) groups is 2. The highest BCUT2D eigenvalue weighted by Gasteiger charge is 2.26. The predicted octanol–water partition coefficient (Wildman–Crippen LogP) is 5.65. The Hall–Kier alpha value is -5.91. The van der Waals surface area contributed by atoms with Crippen molar-refractivity contribution < 1.29 is 32.3 Å². The van der Waals surface area contributed by atoms with Gasteiger partial charge >= 0.3 is 0 Å². The van der Waals surface area contributed by atoms with Crippen LogP contribution in [-0.2, 0) is 22.6 Å². The number of piperazine rings is 1. The predicted molar refractivity (Wildman–Crippen MR) is 176 cm³/mol. The lowest BCUT2D eigenvalue weighted by molar-refractivity contribution is -0.142. The minimum Gasteiger partial charge on any atom is -0.507 e. The van der Waals surface area contributed by atoms with E-state index in [0.29, 0.717) is 30.8 Å². The molecule has 1 aliphatic rings. The van der Waals surface area contributed by atoms with Crippen LogP contribution in [0, 0.1) is 23.3 Å². The van der Waals surface area contributed by atoms with Crippen LogP contribution in [0.15, 0.2) is 108 Å². The number of nitrogens with zero attached hydrogens (tertiary/aromatic N) is 4. The average Bonchev–Trinajstić information content (AvgIpc) is 3.63. The molecule has 0 bridgehead atoms. The van der Waals surface area contributed by atoms with E-state index in [0.717, 1.165) is 28.1 Å². The summed E-state index contributed by atoms with van der Waals surface area (Å²) in [7, 11) is 0. The zero-order valence-electron chi connectivity index (χ0n) is 26.0. The first-order valence-corrected chi connectivity index (χ1v) is 15.4. The Kier molecular flexibility index (Phi) is 9.47. The fraction of sp³-hybridized carbons (Fsp3) is 0.162. The molecule has 1 N–H and O–H groups in total. The Morgan fingerprint density at radius 3 is 2.16 bits per heavy atom. The summed E-state index contributed by atoms with van der Waals surface area (Å²) in [5.74, 6) is -7.03. The number of benzene rings is 3. The Morgan fingerprint density at radius 2 is 1.47 bits per heavy atom. The number of carbonyl (C=O) groups excluding carboxylic acids is 2. The molecule has 250 valence electrons. The van der Waals surface area contributed by atoms with Crippen molar-refractivity contribution in [2.45, 2.75) is 13.0 Å². The van der Waals surface area contributed by atoms with Crippen molar-refractivity contribution in [3.05, 3.63) is 159 Å². The van der Waals surface area contributed by atoms with Gasteiger partial charge in [-0.05, 0) is 77.4 Å². The normalized spacial score (nSPS) is 13.5. The Balaban J connectivity index is 1.20. The summed E-state index contributed by atoms with van der Waals surface area (Å²) < 4.78 is 59.3. The van der Waals surface area contributed by atoms with Gasteiger partial charge in [0.05, 0.1) is 12.1 Å². The van der Waals surface area contributed by atoms with Gasteiger partial charge in [0.1, 0.15) is 17.4 Å². The van der Waals surface area contributed by atoms with E-state index in [1.807, 2.05) is 53.4 Å². The van der Waals surface area contributed by atoms with Gasteiger partial charge in [-0.15, -0.1) is 0 Å². The van der Waals surface area contributed by atoms with E-state index in [9.17, 15) is 37.1 Å². The monoisotopic (exact) mass is 670 g/mol. The molecule has 0 spiro atoms. The number of hydrogen-bond donors (Lipinski definition) is 1. The standard InChI is InChI=1S/C37H30F4N4O4/c38-27-5-3-4-24(17-27)22-45-23-25(16-26-19-28(39)20-32(40)35(26)41)18-31(36(45)48)33(46)21-34(47)37(49)44-14-12-43(13-15-44)30-8-6-29(7-9-30)42-10-1-2-11-42/h1-11,17-21,23,46H,12-16,22H2. The SMILES string of the molecule is O=C(C=C(O)c1cc(Cc2cc(F)cc(F)c2F)cn(Cc2cccc(F)c2)c1=O)C(=O)N1CCN(c2ccc(-n3cccc3)cc2)CC1. The summed E-state index contributed by atoms with van der Waals surface area (Å²) in [6, 6.07) is 19.5. The van der Waals surface area contributed by atoms with Gasteiger partial charge in [-0.1, -0.05) is 12.1 Å². The molecule has 0 atom stereocenters. The van der Waals surface area contributed by atoms with E-state index in [-0.39, 0.29) is 30.8 Å². The van der Waals surface area contributed by atoms with E-state index in [1.165, 1.54) is 29.3 Å². The van der Waals surface area contributed by atoms with E-state index < -0.39 is 58.3 Å². The third-order valence-corrected chi connectivity index (χ3v) is 8.29.